The molecule has 0 radical (unpaired) electrons. The van der Waals surface area contributed by atoms with Gasteiger partial charge in [0.25, 0.3) is 11.5 Å². The maximum absolute atomic E-state index is 13.0. The molecule has 0 aliphatic heterocycles. The van der Waals surface area contributed by atoms with Gasteiger partial charge in [-0.2, -0.15) is 13.2 Å². The van der Waals surface area contributed by atoms with E-state index in [0.717, 1.165) is 18.3 Å². The molecule has 1 amide bonds. The van der Waals surface area contributed by atoms with Gasteiger partial charge in [0.05, 0.1) is 16.9 Å². The molecule has 2 heterocycles. The Balaban J connectivity index is 2.02. The van der Waals surface area contributed by atoms with E-state index in [1.807, 2.05) is 0 Å². The van der Waals surface area contributed by atoms with E-state index < -0.39 is 23.2 Å². The Bertz CT molecular complexity index is 1040. The summed E-state index contributed by atoms with van der Waals surface area (Å²) in [6.45, 7) is 0. The summed E-state index contributed by atoms with van der Waals surface area (Å²) in [5.74, 6) is -0.828. The van der Waals surface area contributed by atoms with Gasteiger partial charge in [-0.25, -0.2) is 4.98 Å². The highest BCUT2D eigenvalue weighted by molar-refractivity contribution is 7.15. The lowest BCUT2D eigenvalue weighted by molar-refractivity contribution is -0.137. The third-order valence-corrected chi connectivity index (χ3v) is 4.41. The van der Waals surface area contributed by atoms with Crippen LogP contribution in [0.25, 0.3) is 4.96 Å². The predicted octanol–water partition coefficient (Wildman–Crippen LogP) is 3.09. The monoisotopic (exact) mass is 382 g/mol. The smallest absolute Gasteiger partial charge is 0.376 e. The SMILES string of the molecule is CN(C)c1ccc(C(F)(F)F)cc1NC(=O)c1cnc2sccn2c1=O. The van der Waals surface area contributed by atoms with Gasteiger partial charge in [0.15, 0.2) is 4.96 Å². The maximum atomic E-state index is 13.0. The van der Waals surface area contributed by atoms with Crippen LogP contribution in [-0.2, 0) is 6.18 Å². The van der Waals surface area contributed by atoms with Crippen LogP contribution in [0.15, 0.2) is 40.8 Å². The number of halogens is 3. The number of carbonyl (C=O) groups is 1. The number of aromatic nitrogens is 2. The zero-order valence-electron chi connectivity index (χ0n) is 13.7. The Morgan fingerprint density at radius 3 is 2.69 bits per heavy atom. The number of hydrogen-bond acceptors (Lipinski definition) is 5. The summed E-state index contributed by atoms with van der Waals surface area (Å²) in [4.78, 5) is 30.8. The molecular formula is C16H13F3N4O2S. The molecule has 1 aromatic carbocycles. The van der Waals surface area contributed by atoms with Crippen molar-refractivity contribution in [3.63, 3.8) is 0 Å². The number of nitrogens with one attached hydrogen (secondary N) is 1. The summed E-state index contributed by atoms with van der Waals surface area (Å²) in [6, 6.07) is 3.02. The maximum Gasteiger partial charge on any atom is 0.416 e. The summed E-state index contributed by atoms with van der Waals surface area (Å²) in [5, 5.41) is 4.03. The number of alkyl halides is 3. The Kier molecular flexibility index (Phi) is 4.45. The quantitative estimate of drug-likeness (QED) is 0.756. The van der Waals surface area contributed by atoms with Crippen molar-refractivity contribution in [2.45, 2.75) is 6.18 Å². The Labute approximate surface area is 149 Å². The lowest BCUT2D eigenvalue weighted by Gasteiger charge is -2.19. The van der Waals surface area contributed by atoms with Gasteiger partial charge in [0.2, 0.25) is 0 Å². The first kappa shape index (κ1) is 17.9. The van der Waals surface area contributed by atoms with E-state index in [0.29, 0.717) is 10.6 Å². The molecule has 1 N–H and O–H groups in total. The number of anilines is 2. The molecule has 3 rings (SSSR count). The van der Waals surface area contributed by atoms with E-state index in [1.165, 1.54) is 28.0 Å². The molecule has 0 bridgehead atoms. The van der Waals surface area contributed by atoms with Crippen molar-refractivity contribution >= 4 is 33.6 Å². The van der Waals surface area contributed by atoms with Crippen LogP contribution in [0.2, 0.25) is 0 Å². The Morgan fingerprint density at radius 2 is 2.04 bits per heavy atom. The molecule has 26 heavy (non-hydrogen) atoms. The first-order valence-electron chi connectivity index (χ1n) is 7.33. The van der Waals surface area contributed by atoms with Gasteiger partial charge in [0.1, 0.15) is 5.56 Å². The fraction of sp³-hybridized carbons (Fsp3) is 0.188. The van der Waals surface area contributed by atoms with Crippen LogP contribution in [-0.4, -0.2) is 29.4 Å². The molecule has 136 valence electrons. The van der Waals surface area contributed by atoms with Gasteiger partial charge < -0.3 is 10.2 Å². The number of rotatable bonds is 3. The molecule has 0 fully saturated rings. The summed E-state index contributed by atoms with van der Waals surface area (Å²) in [7, 11) is 3.26. The van der Waals surface area contributed by atoms with Gasteiger partial charge in [-0.05, 0) is 18.2 Å². The lowest BCUT2D eigenvalue weighted by atomic mass is 10.1. The minimum absolute atomic E-state index is 0.0513. The number of fused-ring (bicyclic) bond motifs is 1. The van der Waals surface area contributed by atoms with Crippen molar-refractivity contribution < 1.29 is 18.0 Å². The summed E-state index contributed by atoms with van der Waals surface area (Å²) in [6.07, 6.45) is -1.96. The fourth-order valence-corrected chi connectivity index (χ4v) is 3.05. The second-order valence-electron chi connectivity index (χ2n) is 5.61. The van der Waals surface area contributed by atoms with E-state index in [1.54, 1.807) is 24.4 Å². The molecule has 0 saturated carbocycles. The van der Waals surface area contributed by atoms with Gasteiger partial charge in [-0.1, -0.05) is 0 Å². The number of hydrogen-bond donors (Lipinski definition) is 1. The topological polar surface area (TPSA) is 66.7 Å². The average molecular weight is 382 g/mol. The van der Waals surface area contributed by atoms with Gasteiger partial charge in [0, 0.05) is 31.9 Å². The Hall–Kier alpha value is -2.88. The van der Waals surface area contributed by atoms with Crippen molar-refractivity contribution in [3.8, 4) is 0 Å². The van der Waals surface area contributed by atoms with E-state index in [9.17, 15) is 22.8 Å². The van der Waals surface area contributed by atoms with Gasteiger partial charge in [-0.3, -0.25) is 14.0 Å². The van der Waals surface area contributed by atoms with Gasteiger partial charge >= 0.3 is 6.18 Å². The van der Waals surface area contributed by atoms with Crippen LogP contribution in [0.4, 0.5) is 24.5 Å². The fourth-order valence-electron chi connectivity index (χ4n) is 2.37. The molecule has 0 aliphatic rings. The summed E-state index contributed by atoms with van der Waals surface area (Å²) in [5.41, 5.74) is -1.43. The minimum Gasteiger partial charge on any atom is -0.376 e. The third kappa shape index (κ3) is 3.27. The molecule has 0 spiro atoms. The largest absolute Gasteiger partial charge is 0.416 e. The molecule has 2 aromatic heterocycles. The molecule has 0 saturated heterocycles. The lowest BCUT2D eigenvalue weighted by Crippen LogP contribution is -2.26. The number of thiazole rings is 1. The average Bonchev–Trinajstić information content (AvgIpc) is 3.03. The normalized spacial score (nSPS) is 11.6. The molecule has 10 heteroatoms. The van der Waals surface area contributed by atoms with Crippen LogP contribution in [0.1, 0.15) is 15.9 Å². The molecular weight excluding hydrogens is 369 g/mol. The van der Waals surface area contributed by atoms with Crippen molar-refractivity contribution in [1.82, 2.24) is 9.38 Å². The van der Waals surface area contributed by atoms with E-state index >= 15 is 0 Å². The summed E-state index contributed by atoms with van der Waals surface area (Å²) < 4.78 is 40.1. The van der Waals surface area contributed by atoms with Crippen molar-refractivity contribution in [2.24, 2.45) is 0 Å². The Morgan fingerprint density at radius 1 is 1.31 bits per heavy atom. The third-order valence-electron chi connectivity index (χ3n) is 3.64. The molecule has 0 atom stereocenters. The van der Waals surface area contributed by atoms with E-state index in [2.05, 4.69) is 10.3 Å². The number of benzene rings is 1. The van der Waals surface area contributed by atoms with Gasteiger partial charge in [-0.15, -0.1) is 11.3 Å². The highest BCUT2D eigenvalue weighted by atomic mass is 32.1. The second kappa shape index (κ2) is 6.45. The molecule has 0 unspecified atom stereocenters. The van der Waals surface area contributed by atoms with Crippen LogP contribution in [0.3, 0.4) is 0 Å². The minimum atomic E-state index is -4.55. The molecule has 0 aliphatic carbocycles. The number of amides is 1. The van der Waals surface area contributed by atoms with Crippen LogP contribution < -0.4 is 15.8 Å². The number of nitrogens with zero attached hydrogens (tertiary/aromatic N) is 3. The first-order valence-corrected chi connectivity index (χ1v) is 8.21. The van der Waals surface area contributed by atoms with E-state index in [4.69, 9.17) is 0 Å². The first-order chi connectivity index (χ1) is 12.2. The van der Waals surface area contributed by atoms with Crippen molar-refractivity contribution in [2.75, 3.05) is 24.3 Å². The molecule has 6 nitrogen and oxygen atoms in total. The van der Waals surface area contributed by atoms with Crippen molar-refractivity contribution in [1.29, 1.82) is 0 Å². The zero-order valence-corrected chi connectivity index (χ0v) is 14.5. The second-order valence-corrected chi connectivity index (χ2v) is 6.48. The van der Waals surface area contributed by atoms with Crippen LogP contribution in [0, 0.1) is 0 Å². The van der Waals surface area contributed by atoms with Crippen LogP contribution >= 0.6 is 11.3 Å². The molecule has 3 aromatic rings. The van der Waals surface area contributed by atoms with Crippen LogP contribution in [0.5, 0.6) is 0 Å². The van der Waals surface area contributed by atoms with Crippen molar-refractivity contribution in [3.05, 3.63) is 57.5 Å². The highest BCUT2D eigenvalue weighted by Gasteiger charge is 2.31. The highest BCUT2D eigenvalue weighted by Crippen LogP contribution is 2.35. The predicted molar refractivity (Wildman–Crippen MR) is 93.1 cm³/mol. The zero-order chi connectivity index (χ0) is 19.1. The standard InChI is InChI=1S/C16H13F3N4O2S/c1-22(2)12-4-3-9(16(17,18)19)7-11(12)21-13(24)10-8-20-15-23(14(10)25)5-6-26-15/h3-8H,1-2H3,(H,21,24). The number of carbonyl (C=O) groups excluding carboxylic acids is 1. The summed E-state index contributed by atoms with van der Waals surface area (Å²) >= 11 is 1.23. The van der Waals surface area contributed by atoms with E-state index in [-0.39, 0.29) is 11.3 Å².